The Morgan fingerprint density at radius 1 is 1.53 bits per heavy atom. The number of nitro groups is 1. The van der Waals surface area contributed by atoms with Gasteiger partial charge in [-0.25, -0.2) is 0 Å². The number of nitro benzene ring substituents is 1. The highest BCUT2D eigenvalue weighted by Crippen LogP contribution is 2.23. The maximum Gasteiger partial charge on any atom is 0.271 e. The van der Waals surface area contributed by atoms with Crippen molar-refractivity contribution < 1.29 is 9.72 Å². The first-order chi connectivity index (χ1) is 9.08. The van der Waals surface area contributed by atoms with Crippen LogP contribution in [0.1, 0.15) is 18.4 Å². The molecule has 1 atom stereocenters. The number of hydrogen-bond acceptors (Lipinski definition) is 4. The molecule has 0 spiro atoms. The Labute approximate surface area is 111 Å². The highest BCUT2D eigenvalue weighted by atomic mass is 16.6. The summed E-state index contributed by atoms with van der Waals surface area (Å²) >= 11 is 0. The van der Waals surface area contributed by atoms with E-state index in [4.69, 9.17) is 0 Å². The lowest BCUT2D eigenvalue weighted by atomic mass is 9.98. The van der Waals surface area contributed by atoms with E-state index in [9.17, 15) is 14.9 Å². The van der Waals surface area contributed by atoms with Gasteiger partial charge in [0.15, 0.2) is 0 Å². The molecule has 0 bridgehead atoms. The van der Waals surface area contributed by atoms with Crippen LogP contribution in [-0.2, 0) is 4.79 Å². The molecule has 1 fully saturated rings. The zero-order valence-corrected chi connectivity index (χ0v) is 10.8. The molecule has 0 saturated carbocycles. The van der Waals surface area contributed by atoms with Crippen LogP contribution in [0.2, 0.25) is 0 Å². The van der Waals surface area contributed by atoms with Gasteiger partial charge in [0.2, 0.25) is 5.91 Å². The minimum Gasteiger partial charge on any atom is -0.325 e. The fourth-order valence-electron chi connectivity index (χ4n) is 2.17. The molecule has 1 aliphatic rings. The molecule has 1 amide bonds. The minimum absolute atomic E-state index is 0.0114. The number of carbonyl (C=O) groups is 1. The molecule has 0 unspecified atom stereocenters. The van der Waals surface area contributed by atoms with E-state index in [-0.39, 0.29) is 17.5 Å². The van der Waals surface area contributed by atoms with Crippen LogP contribution < -0.4 is 10.6 Å². The van der Waals surface area contributed by atoms with Gasteiger partial charge in [0, 0.05) is 18.7 Å². The summed E-state index contributed by atoms with van der Waals surface area (Å²) in [4.78, 5) is 22.4. The number of benzene rings is 1. The zero-order valence-electron chi connectivity index (χ0n) is 10.8. The molecule has 1 aromatic rings. The second-order valence-corrected chi connectivity index (χ2v) is 4.79. The fraction of sp³-hybridized carbons (Fsp3) is 0.462. The third-order valence-corrected chi connectivity index (χ3v) is 3.36. The van der Waals surface area contributed by atoms with E-state index in [0.29, 0.717) is 12.2 Å². The van der Waals surface area contributed by atoms with Gasteiger partial charge in [-0.3, -0.25) is 14.9 Å². The lowest BCUT2D eigenvalue weighted by Gasteiger charge is -2.22. The van der Waals surface area contributed by atoms with E-state index in [2.05, 4.69) is 10.6 Å². The second kappa shape index (κ2) is 5.79. The van der Waals surface area contributed by atoms with E-state index < -0.39 is 4.92 Å². The summed E-state index contributed by atoms with van der Waals surface area (Å²) in [6, 6.07) is 4.49. The first kappa shape index (κ1) is 13.5. The number of aryl methyl sites for hydroxylation is 1. The van der Waals surface area contributed by atoms with Crippen LogP contribution in [0.5, 0.6) is 0 Å². The van der Waals surface area contributed by atoms with Gasteiger partial charge in [-0.2, -0.15) is 0 Å². The Morgan fingerprint density at radius 3 is 2.95 bits per heavy atom. The minimum atomic E-state index is -0.461. The van der Waals surface area contributed by atoms with Gasteiger partial charge in [-0.1, -0.05) is 6.07 Å². The summed E-state index contributed by atoms with van der Waals surface area (Å²) in [5, 5.41) is 16.7. The molecule has 1 aromatic carbocycles. The predicted molar refractivity (Wildman–Crippen MR) is 72.1 cm³/mol. The van der Waals surface area contributed by atoms with Crippen LogP contribution >= 0.6 is 0 Å². The average Bonchev–Trinajstić information content (AvgIpc) is 2.42. The first-order valence-electron chi connectivity index (χ1n) is 6.34. The van der Waals surface area contributed by atoms with Crippen molar-refractivity contribution in [3.05, 3.63) is 33.9 Å². The summed E-state index contributed by atoms with van der Waals surface area (Å²) in [6.07, 6.45) is 1.83. The van der Waals surface area contributed by atoms with Gasteiger partial charge in [-0.15, -0.1) is 0 Å². The van der Waals surface area contributed by atoms with E-state index in [1.807, 2.05) is 6.92 Å². The van der Waals surface area contributed by atoms with Crippen LogP contribution in [0.3, 0.4) is 0 Å². The zero-order chi connectivity index (χ0) is 13.8. The number of amides is 1. The first-order valence-corrected chi connectivity index (χ1v) is 6.34. The highest BCUT2D eigenvalue weighted by molar-refractivity contribution is 5.93. The second-order valence-electron chi connectivity index (χ2n) is 4.79. The third-order valence-electron chi connectivity index (χ3n) is 3.36. The normalized spacial score (nSPS) is 18.9. The van der Waals surface area contributed by atoms with E-state index >= 15 is 0 Å². The maximum atomic E-state index is 12.1. The predicted octanol–water partition coefficient (Wildman–Crippen LogP) is 1.84. The lowest BCUT2D eigenvalue weighted by molar-refractivity contribution is -0.384. The summed E-state index contributed by atoms with van der Waals surface area (Å²) in [6.45, 7) is 3.43. The van der Waals surface area contributed by atoms with Crippen molar-refractivity contribution in [1.82, 2.24) is 5.32 Å². The molecule has 2 N–H and O–H groups in total. The molecule has 0 radical (unpaired) electrons. The smallest absolute Gasteiger partial charge is 0.271 e. The lowest BCUT2D eigenvalue weighted by Crippen LogP contribution is -2.37. The van der Waals surface area contributed by atoms with Crippen LogP contribution in [0, 0.1) is 23.0 Å². The Morgan fingerprint density at radius 2 is 2.32 bits per heavy atom. The number of non-ortho nitro benzene ring substituents is 1. The molecular weight excluding hydrogens is 246 g/mol. The van der Waals surface area contributed by atoms with Crippen molar-refractivity contribution in [3.63, 3.8) is 0 Å². The van der Waals surface area contributed by atoms with Crippen molar-refractivity contribution in [3.8, 4) is 0 Å². The summed E-state index contributed by atoms with van der Waals surface area (Å²) in [7, 11) is 0. The molecular formula is C13H17N3O3. The molecule has 1 saturated heterocycles. The largest absolute Gasteiger partial charge is 0.325 e. The number of rotatable bonds is 3. The Kier molecular flexibility index (Phi) is 4.11. The Balaban J connectivity index is 2.11. The number of anilines is 1. The van der Waals surface area contributed by atoms with Gasteiger partial charge in [0.05, 0.1) is 16.5 Å². The SMILES string of the molecule is Cc1ccc([N+](=O)[O-])cc1NC(=O)[C@H]1CCCNC1. The third kappa shape index (κ3) is 3.29. The molecule has 2 rings (SSSR count). The van der Waals surface area contributed by atoms with E-state index in [1.54, 1.807) is 6.07 Å². The van der Waals surface area contributed by atoms with Crippen LogP contribution in [0.4, 0.5) is 11.4 Å². The van der Waals surface area contributed by atoms with Crippen molar-refractivity contribution >= 4 is 17.3 Å². The number of nitrogens with zero attached hydrogens (tertiary/aromatic N) is 1. The number of piperidine rings is 1. The summed E-state index contributed by atoms with van der Waals surface area (Å²) in [5.41, 5.74) is 1.33. The average molecular weight is 263 g/mol. The molecule has 6 heteroatoms. The van der Waals surface area contributed by atoms with E-state index in [0.717, 1.165) is 24.9 Å². The topological polar surface area (TPSA) is 84.3 Å². The molecule has 102 valence electrons. The quantitative estimate of drug-likeness (QED) is 0.643. The monoisotopic (exact) mass is 263 g/mol. The highest BCUT2D eigenvalue weighted by Gasteiger charge is 2.21. The molecule has 19 heavy (non-hydrogen) atoms. The van der Waals surface area contributed by atoms with E-state index in [1.165, 1.54) is 12.1 Å². The molecule has 1 aliphatic heterocycles. The number of carbonyl (C=O) groups excluding carboxylic acids is 1. The Bertz CT molecular complexity index is 496. The van der Waals surface area contributed by atoms with Gasteiger partial charge < -0.3 is 10.6 Å². The van der Waals surface area contributed by atoms with Crippen LogP contribution in [0.25, 0.3) is 0 Å². The number of hydrogen-bond donors (Lipinski definition) is 2. The molecule has 0 aromatic heterocycles. The van der Waals surface area contributed by atoms with Crippen molar-refractivity contribution in [2.75, 3.05) is 18.4 Å². The van der Waals surface area contributed by atoms with Crippen molar-refractivity contribution in [1.29, 1.82) is 0 Å². The maximum absolute atomic E-state index is 12.1. The Hall–Kier alpha value is -1.95. The number of nitrogens with one attached hydrogen (secondary N) is 2. The van der Waals surface area contributed by atoms with Crippen molar-refractivity contribution in [2.24, 2.45) is 5.92 Å². The summed E-state index contributed by atoms with van der Waals surface area (Å²) in [5.74, 6) is -0.136. The standard InChI is InChI=1S/C13H17N3O3/c1-9-4-5-11(16(18)19)7-12(9)15-13(17)10-3-2-6-14-8-10/h4-5,7,10,14H,2-3,6,8H2,1H3,(H,15,17)/t10-/m0/s1. The van der Waals surface area contributed by atoms with Crippen molar-refractivity contribution in [2.45, 2.75) is 19.8 Å². The molecule has 6 nitrogen and oxygen atoms in total. The van der Waals surface area contributed by atoms with Gasteiger partial charge in [0.25, 0.3) is 5.69 Å². The van der Waals surface area contributed by atoms with Gasteiger partial charge in [-0.05, 0) is 31.9 Å². The summed E-state index contributed by atoms with van der Waals surface area (Å²) < 4.78 is 0. The van der Waals surface area contributed by atoms with Crippen LogP contribution in [0.15, 0.2) is 18.2 Å². The van der Waals surface area contributed by atoms with Gasteiger partial charge in [0.1, 0.15) is 0 Å². The molecule has 1 heterocycles. The van der Waals surface area contributed by atoms with Gasteiger partial charge >= 0.3 is 0 Å². The van der Waals surface area contributed by atoms with Crippen LogP contribution in [-0.4, -0.2) is 23.9 Å². The molecule has 0 aliphatic carbocycles. The fourth-order valence-corrected chi connectivity index (χ4v) is 2.17.